The van der Waals surface area contributed by atoms with Gasteiger partial charge in [-0.3, -0.25) is 14.7 Å². The third-order valence-electron chi connectivity index (χ3n) is 5.37. The molecule has 2 aliphatic rings. The van der Waals surface area contributed by atoms with Gasteiger partial charge in [-0.25, -0.2) is 4.98 Å². The summed E-state index contributed by atoms with van der Waals surface area (Å²) in [6.07, 6.45) is 8.29. The number of hydrogen-bond donors (Lipinski definition) is 1. The molecule has 1 fully saturated rings. The molecule has 8 heteroatoms. The van der Waals surface area contributed by atoms with Crippen molar-refractivity contribution in [2.75, 3.05) is 26.2 Å². The van der Waals surface area contributed by atoms with Crippen molar-refractivity contribution >= 4 is 11.8 Å². The molecule has 0 spiro atoms. The van der Waals surface area contributed by atoms with Gasteiger partial charge in [0.2, 0.25) is 11.8 Å². The monoisotopic (exact) mass is 356 g/mol. The van der Waals surface area contributed by atoms with Gasteiger partial charge in [0.25, 0.3) is 0 Å². The van der Waals surface area contributed by atoms with E-state index in [0.29, 0.717) is 32.6 Å². The largest absolute Gasteiger partial charge is 0.341 e. The molecule has 2 aliphatic heterocycles. The van der Waals surface area contributed by atoms with E-state index >= 15 is 0 Å². The first-order chi connectivity index (χ1) is 12.7. The summed E-state index contributed by atoms with van der Waals surface area (Å²) in [5.74, 6) is 0.320. The lowest BCUT2D eigenvalue weighted by Crippen LogP contribution is -2.42. The molecule has 2 aromatic heterocycles. The van der Waals surface area contributed by atoms with Gasteiger partial charge in [-0.15, -0.1) is 0 Å². The van der Waals surface area contributed by atoms with E-state index in [4.69, 9.17) is 0 Å². The first kappa shape index (κ1) is 16.8. The fourth-order valence-corrected chi connectivity index (χ4v) is 3.88. The molecule has 0 bridgehead atoms. The van der Waals surface area contributed by atoms with Crippen molar-refractivity contribution in [3.8, 4) is 0 Å². The Hall–Kier alpha value is -2.64. The summed E-state index contributed by atoms with van der Waals surface area (Å²) in [5.41, 5.74) is 2.03. The highest BCUT2D eigenvalue weighted by Gasteiger charge is 2.30. The van der Waals surface area contributed by atoms with E-state index in [2.05, 4.69) is 19.7 Å². The number of aryl methyl sites for hydroxylation is 1. The van der Waals surface area contributed by atoms with Crippen LogP contribution in [0.4, 0.5) is 0 Å². The summed E-state index contributed by atoms with van der Waals surface area (Å²) >= 11 is 0. The average Bonchev–Trinajstić information content (AvgIpc) is 3.27. The molecule has 26 heavy (non-hydrogen) atoms. The van der Waals surface area contributed by atoms with E-state index in [1.807, 2.05) is 28.4 Å². The highest BCUT2D eigenvalue weighted by molar-refractivity contribution is 5.80. The Balaban J connectivity index is 1.33. The maximum Gasteiger partial charge on any atom is 0.228 e. The van der Waals surface area contributed by atoms with E-state index in [0.717, 1.165) is 31.5 Å². The molecule has 2 aromatic rings. The zero-order valence-corrected chi connectivity index (χ0v) is 14.8. The van der Waals surface area contributed by atoms with Crippen LogP contribution in [0, 0.1) is 5.92 Å². The first-order valence-electron chi connectivity index (χ1n) is 9.24. The normalized spacial score (nSPS) is 20.5. The van der Waals surface area contributed by atoms with Gasteiger partial charge in [0.1, 0.15) is 0 Å². The molecule has 0 saturated carbocycles. The second-order valence-electron chi connectivity index (χ2n) is 7.09. The third-order valence-corrected chi connectivity index (χ3v) is 5.37. The van der Waals surface area contributed by atoms with E-state index in [9.17, 15) is 9.59 Å². The number of nitrogens with one attached hydrogen (secondary N) is 1. The molecule has 1 unspecified atom stereocenters. The van der Waals surface area contributed by atoms with Crippen LogP contribution in [0.1, 0.15) is 24.2 Å². The predicted molar refractivity (Wildman–Crippen MR) is 94.1 cm³/mol. The Labute approximate surface area is 152 Å². The number of nitrogens with zero attached hydrogens (tertiary/aromatic N) is 5. The molecular formula is C18H24N6O2. The average molecular weight is 356 g/mol. The van der Waals surface area contributed by atoms with Crippen LogP contribution in [0.2, 0.25) is 0 Å². The number of H-pyrrole nitrogens is 1. The van der Waals surface area contributed by atoms with Crippen LogP contribution in [0.5, 0.6) is 0 Å². The Bertz CT molecular complexity index is 769. The summed E-state index contributed by atoms with van der Waals surface area (Å²) in [4.78, 5) is 33.4. The summed E-state index contributed by atoms with van der Waals surface area (Å²) in [7, 11) is 0. The summed E-state index contributed by atoms with van der Waals surface area (Å²) in [6.45, 7) is 3.35. The number of imidazole rings is 1. The quantitative estimate of drug-likeness (QED) is 0.866. The minimum atomic E-state index is 0.0175. The molecule has 1 N–H and O–H groups in total. The fraction of sp³-hybridized carbons (Fsp3) is 0.556. The van der Waals surface area contributed by atoms with Gasteiger partial charge < -0.3 is 14.4 Å². The number of rotatable bonds is 3. The highest BCUT2D eigenvalue weighted by Crippen LogP contribution is 2.22. The molecule has 1 saturated heterocycles. The molecule has 8 nitrogen and oxygen atoms in total. The van der Waals surface area contributed by atoms with Crippen LogP contribution in [0.3, 0.4) is 0 Å². The van der Waals surface area contributed by atoms with E-state index in [1.165, 1.54) is 5.69 Å². The SMILES string of the molecule is O=C(Cc1ccn[nH]1)N1CCCN(C(=O)C2CCc3cncn3C2)CC1. The minimum Gasteiger partial charge on any atom is -0.341 e. The number of aromatic amines is 1. The smallest absolute Gasteiger partial charge is 0.228 e. The molecule has 138 valence electrons. The zero-order valence-electron chi connectivity index (χ0n) is 14.8. The summed E-state index contributed by atoms with van der Waals surface area (Å²) in [6, 6.07) is 1.82. The standard InChI is InChI=1S/C18H24N6O2/c25-17(10-15-4-5-20-21-15)22-6-1-7-23(9-8-22)18(26)14-2-3-16-11-19-13-24(16)12-14/h4-5,11,13-14H,1-3,6-10,12H2,(H,20,21). The van der Waals surface area contributed by atoms with Gasteiger partial charge in [0.05, 0.1) is 18.7 Å². The van der Waals surface area contributed by atoms with Crippen LogP contribution in [-0.4, -0.2) is 67.5 Å². The van der Waals surface area contributed by atoms with Crippen molar-refractivity contribution in [3.05, 3.63) is 36.2 Å². The second kappa shape index (κ2) is 7.31. The van der Waals surface area contributed by atoms with Gasteiger partial charge in [-0.1, -0.05) is 0 Å². The van der Waals surface area contributed by atoms with Gasteiger partial charge >= 0.3 is 0 Å². The molecule has 0 radical (unpaired) electrons. The number of carbonyl (C=O) groups excluding carboxylic acids is 2. The molecule has 2 amide bonds. The van der Waals surface area contributed by atoms with Crippen molar-refractivity contribution in [1.82, 2.24) is 29.5 Å². The van der Waals surface area contributed by atoms with Gasteiger partial charge in [-0.05, 0) is 25.3 Å². The second-order valence-corrected chi connectivity index (χ2v) is 7.09. The van der Waals surface area contributed by atoms with Crippen molar-refractivity contribution in [3.63, 3.8) is 0 Å². The lowest BCUT2D eigenvalue weighted by Gasteiger charge is -2.29. The van der Waals surface area contributed by atoms with E-state index in [1.54, 1.807) is 6.20 Å². The van der Waals surface area contributed by atoms with Crippen LogP contribution in [0.25, 0.3) is 0 Å². The van der Waals surface area contributed by atoms with Gasteiger partial charge in [-0.2, -0.15) is 5.10 Å². The molecule has 1 atom stereocenters. The van der Waals surface area contributed by atoms with Crippen molar-refractivity contribution < 1.29 is 9.59 Å². The van der Waals surface area contributed by atoms with Gasteiger partial charge in [0.15, 0.2) is 0 Å². The van der Waals surface area contributed by atoms with Crippen LogP contribution < -0.4 is 0 Å². The molecule has 4 heterocycles. The van der Waals surface area contributed by atoms with Crippen LogP contribution in [0.15, 0.2) is 24.8 Å². The molecular weight excluding hydrogens is 332 g/mol. The summed E-state index contributed by atoms with van der Waals surface area (Å²) in [5, 5.41) is 6.71. The number of hydrogen-bond acceptors (Lipinski definition) is 4. The molecule has 0 aromatic carbocycles. The number of amides is 2. The fourth-order valence-electron chi connectivity index (χ4n) is 3.88. The topological polar surface area (TPSA) is 87.1 Å². The minimum absolute atomic E-state index is 0.0175. The molecule has 4 rings (SSSR count). The maximum absolute atomic E-state index is 12.9. The maximum atomic E-state index is 12.9. The van der Waals surface area contributed by atoms with Crippen molar-refractivity contribution in [2.24, 2.45) is 5.92 Å². The lowest BCUT2D eigenvalue weighted by atomic mass is 9.96. The molecule has 0 aliphatic carbocycles. The van der Waals surface area contributed by atoms with Crippen LogP contribution >= 0.6 is 0 Å². The van der Waals surface area contributed by atoms with E-state index in [-0.39, 0.29) is 17.7 Å². The lowest BCUT2D eigenvalue weighted by molar-refractivity contribution is -0.137. The van der Waals surface area contributed by atoms with Gasteiger partial charge in [0, 0.05) is 56.5 Å². The summed E-state index contributed by atoms with van der Waals surface area (Å²) < 4.78 is 2.09. The first-order valence-corrected chi connectivity index (χ1v) is 9.24. The Kier molecular flexibility index (Phi) is 4.73. The number of aromatic nitrogens is 4. The predicted octanol–water partition coefficient (Wildman–Crippen LogP) is 0.472. The van der Waals surface area contributed by atoms with Crippen molar-refractivity contribution in [1.29, 1.82) is 0 Å². The van der Waals surface area contributed by atoms with Crippen LogP contribution in [-0.2, 0) is 29.0 Å². The number of fused-ring (bicyclic) bond motifs is 1. The van der Waals surface area contributed by atoms with Crippen molar-refractivity contribution in [2.45, 2.75) is 32.2 Å². The Morgan fingerprint density at radius 3 is 2.88 bits per heavy atom. The number of carbonyl (C=O) groups is 2. The van der Waals surface area contributed by atoms with E-state index < -0.39 is 0 Å². The Morgan fingerprint density at radius 2 is 2.04 bits per heavy atom. The Morgan fingerprint density at radius 1 is 1.19 bits per heavy atom. The third kappa shape index (κ3) is 3.49. The highest BCUT2D eigenvalue weighted by atomic mass is 16.2. The zero-order chi connectivity index (χ0) is 17.9.